The molecule has 1 aromatic rings. The van der Waals surface area contributed by atoms with Crippen molar-refractivity contribution in [2.75, 3.05) is 16.4 Å². The van der Waals surface area contributed by atoms with E-state index in [-0.39, 0.29) is 5.75 Å². The Labute approximate surface area is 115 Å². The summed E-state index contributed by atoms with van der Waals surface area (Å²) in [5.74, 6) is 0.425. The molecule has 102 valence electrons. The van der Waals surface area contributed by atoms with Gasteiger partial charge in [0.05, 0.1) is 11.4 Å². The third kappa shape index (κ3) is 4.18. The molecule has 0 saturated carbocycles. The second kappa shape index (κ2) is 7.00. The molecule has 0 bridgehead atoms. The third-order valence-corrected chi connectivity index (χ3v) is 4.41. The number of alkyl halides is 1. The van der Waals surface area contributed by atoms with Crippen LogP contribution in [-0.4, -0.2) is 20.1 Å². The van der Waals surface area contributed by atoms with Crippen molar-refractivity contribution in [1.82, 2.24) is 0 Å². The standard InChI is InChI=1S/C13H20ClNO2S/c1-3-11-7-5-8-12(4-2)13(11)15-18(16,17)10-6-9-14/h5,7-8,15H,3-4,6,9-10H2,1-2H3. The average Bonchev–Trinajstić information content (AvgIpc) is 2.36. The summed E-state index contributed by atoms with van der Waals surface area (Å²) in [6.07, 6.45) is 2.08. The lowest BCUT2D eigenvalue weighted by molar-refractivity contribution is 0.600. The van der Waals surface area contributed by atoms with Crippen molar-refractivity contribution >= 4 is 27.3 Å². The smallest absolute Gasteiger partial charge is 0.232 e. The molecule has 0 aliphatic carbocycles. The van der Waals surface area contributed by atoms with Crippen LogP contribution in [0.4, 0.5) is 5.69 Å². The summed E-state index contributed by atoms with van der Waals surface area (Å²) in [5.41, 5.74) is 2.81. The zero-order valence-corrected chi connectivity index (χ0v) is 12.4. The molecule has 0 heterocycles. The maximum atomic E-state index is 11.9. The van der Waals surface area contributed by atoms with E-state index in [0.29, 0.717) is 12.3 Å². The molecule has 5 heteroatoms. The van der Waals surface area contributed by atoms with Crippen LogP contribution in [-0.2, 0) is 22.9 Å². The van der Waals surface area contributed by atoms with Crippen LogP contribution in [0.1, 0.15) is 31.4 Å². The van der Waals surface area contributed by atoms with Gasteiger partial charge in [0.2, 0.25) is 10.0 Å². The van der Waals surface area contributed by atoms with Gasteiger partial charge in [-0.2, -0.15) is 0 Å². The van der Waals surface area contributed by atoms with Crippen LogP contribution in [0.5, 0.6) is 0 Å². The average molecular weight is 290 g/mol. The summed E-state index contributed by atoms with van der Waals surface area (Å²) in [6, 6.07) is 5.88. The maximum absolute atomic E-state index is 11.9. The molecule has 0 aliphatic heterocycles. The fourth-order valence-electron chi connectivity index (χ4n) is 1.82. The van der Waals surface area contributed by atoms with Crippen LogP contribution in [0, 0.1) is 0 Å². The molecule has 0 spiro atoms. The first-order valence-corrected chi connectivity index (χ1v) is 8.40. The first-order valence-electron chi connectivity index (χ1n) is 6.21. The van der Waals surface area contributed by atoms with Crippen molar-refractivity contribution in [3.63, 3.8) is 0 Å². The molecular weight excluding hydrogens is 270 g/mol. The van der Waals surface area contributed by atoms with E-state index in [1.807, 2.05) is 32.0 Å². The van der Waals surface area contributed by atoms with E-state index >= 15 is 0 Å². The van der Waals surface area contributed by atoms with Gasteiger partial charge in [-0.15, -0.1) is 11.6 Å². The molecule has 1 aromatic carbocycles. The van der Waals surface area contributed by atoms with E-state index in [4.69, 9.17) is 11.6 Å². The minimum absolute atomic E-state index is 0.0672. The van der Waals surface area contributed by atoms with Crippen LogP contribution >= 0.6 is 11.6 Å². The van der Waals surface area contributed by atoms with Crippen LogP contribution in [0.25, 0.3) is 0 Å². The Hall–Kier alpha value is -0.740. The molecule has 3 nitrogen and oxygen atoms in total. The minimum atomic E-state index is -3.30. The van der Waals surface area contributed by atoms with E-state index in [1.165, 1.54) is 0 Å². The van der Waals surface area contributed by atoms with Gasteiger partial charge < -0.3 is 0 Å². The quantitative estimate of drug-likeness (QED) is 0.784. The lowest BCUT2D eigenvalue weighted by Crippen LogP contribution is -2.19. The normalized spacial score (nSPS) is 11.5. The maximum Gasteiger partial charge on any atom is 0.232 e. The predicted molar refractivity (Wildman–Crippen MR) is 77.9 cm³/mol. The number of rotatable bonds is 7. The molecular formula is C13H20ClNO2S. The number of aryl methyl sites for hydroxylation is 2. The second-order valence-corrected chi connectivity index (χ2v) is 6.34. The van der Waals surface area contributed by atoms with Crippen LogP contribution in [0.15, 0.2) is 18.2 Å². The third-order valence-electron chi connectivity index (χ3n) is 2.80. The number of halogens is 1. The van der Waals surface area contributed by atoms with Gasteiger partial charge in [0.15, 0.2) is 0 Å². The molecule has 0 aromatic heterocycles. The fraction of sp³-hybridized carbons (Fsp3) is 0.538. The number of para-hydroxylation sites is 1. The van der Waals surface area contributed by atoms with Crippen molar-refractivity contribution in [3.8, 4) is 0 Å². The Morgan fingerprint density at radius 3 is 2.17 bits per heavy atom. The molecule has 1 rings (SSSR count). The first kappa shape index (κ1) is 15.3. The summed E-state index contributed by atoms with van der Waals surface area (Å²) in [6.45, 7) is 4.04. The van der Waals surface area contributed by atoms with Crippen molar-refractivity contribution in [2.24, 2.45) is 0 Å². The van der Waals surface area contributed by atoms with Gasteiger partial charge in [-0.05, 0) is 30.4 Å². The molecule has 0 saturated heterocycles. The van der Waals surface area contributed by atoms with Gasteiger partial charge in [-0.1, -0.05) is 32.0 Å². The summed E-state index contributed by atoms with van der Waals surface area (Å²) in [5, 5.41) is 0. The highest BCUT2D eigenvalue weighted by atomic mass is 35.5. The monoisotopic (exact) mass is 289 g/mol. The Morgan fingerprint density at radius 2 is 1.72 bits per heavy atom. The predicted octanol–water partition coefficient (Wildman–Crippen LogP) is 3.18. The molecule has 18 heavy (non-hydrogen) atoms. The number of hydrogen-bond donors (Lipinski definition) is 1. The van der Waals surface area contributed by atoms with Crippen LogP contribution < -0.4 is 4.72 Å². The lowest BCUT2D eigenvalue weighted by Gasteiger charge is -2.15. The van der Waals surface area contributed by atoms with Gasteiger partial charge in [0.25, 0.3) is 0 Å². The molecule has 0 radical (unpaired) electrons. The highest BCUT2D eigenvalue weighted by Gasteiger charge is 2.14. The van der Waals surface area contributed by atoms with Crippen LogP contribution in [0.3, 0.4) is 0 Å². The molecule has 0 aliphatic rings. The van der Waals surface area contributed by atoms with E-state index in [0.717, 1.165) is 29.7 Å². The number of nitrogens with one attached hydrogen (secondary N) is 1. The van der Waals surface area contributed by atoms with E-state index < -0.39 is 10.0 Å². The summed E-state index contributed by atoms with van der Waals surface area (Å²) in [4.78, 5) is 0. The molecule has 0 amide bonds. The molecule has 0 atom stereocenters. The van der Waals surface area contributed by atoms with Crippen molar-refractivity contribution in [2.45, 2.75) is 33.1 Å². The highest BCUT2D eigenvalue weighted by molar-refractivity contribution is 7.92. The number of sulfonamides is 1. The summed E-state index contributed by atoms with van der Waals surface area (Å²) < 4.78 is 26.6. The number of anilines is 1. The van der Waals surface area contributed by atoms with Gasteiger partial charge in [0.1, 0.15) is 0 Å². The van der Waals surface area contributed by atoms with Crippen LogP contribution in [0.2, 0.25) is 0 Å². The van der Waals surface area contributed by atoms with Gasteiger partial charge in [-0.25, -0.2) is 8.42 Å². The largest absolute Gasteiger partial charge is 0.283 e. The summed E-state index contributed by atoms with van der Waals surface area (Å²) in [7, 11) is -3.30. The molecule has 0 fully saturated rings. The Bertz CT molecular complexity index is 464. The van der Waals surface area contributed by atoms with Crippen molar-refractivity contribution < 1.29 is 8.42 Å². The van der Waals surface area contributed by atoms with Crippen molar-refractivity contribution in [3.05, 3.63) is 29.3 Å². The highest BCUT2D eigenvalue weighted by Crippen LogP contribution is 2.23. The van der Waals surface area contributed by atoms with E-state index in [2.05, 4.69) is 4.72 Å². The lowest BCUT2D eigenvalue weighted by atomic mass is 10.0. The number of benzene rings is 1. The van der Waals surface area contributed by atoms with E-state index in [9.17, 15) is 8.42 Å². The molecule has 0 unspecified atom stereocenters. The number of hydrogen-bond acceptors (Lipinski definition) is 2. The second-order valence-electron chi connectivity index (χ2n) is 4.12. The summed E-state index contributed by atoms with van der Waals surface area (Å²) >= 11 is 5.54. The Balaban J connectivity index is 3.02. The van der Waals surface area contributed by atoms with Gasteiger partial charge >= 0.3 is 0 Å². The van der Waals surface area contributed by atoms with Gasteiger partial charge in [0, 0.05) is 5.88 Å². The van der Waals surface area contributed by atoms with E-state index in [1.54, 1.807) is 0 Å². The van der Waals surface area contributed by atoms with Crippen molar-refractivity contribution in [1.29, 1.82) is 0 Å². The molecule has 1 N–H and O–H groups in total. The Kier molecular flexibility index (Phi) is 5.96. The van der Waals surface area contributed by atoms with Gasteiger partial charge in [-0.3, -0.25) is 4.72 Å². The minimum Gasteiger partial charge on any atom is -0.283 e. The zero-order chi connectivity index (χ0) is 13.6. The zero-order valence-electron chi connectivity index (χ0n) is 10.9. The first-order chi connectivity index (χ1) is 8.54. The SMILES string of the molecule is CCc1cccc(CC)c1NS(=O)(=O)CCCCl. The topological polar surface area (TPSA) is 46.2 Å². The fourth-order valence-corrected chi connectivity index (χ4v) is 3.32. The Morgan fingerprint density at radius 1 is 1.17 bits per heavy atom.